The molecule has 7 nitrogen and oxygen atoms in total. The number of aromatic hydroxyl groups is 1. The highest BCUT2D eigenvalue weighted by Crippen LogP contribution is 2.25. The Balaban J connectivity index is 2.62. The zero-order valence-corrected chi connectivity index (χ0v) is 9.20. The Morgan fingerprint density at radius 1 is 1.39 bits per heavy atom. The van der Waals surface area contributed by atoms with Crippen molar-refractivity contribution in [1.82, 2.24) is 10.3 Å². The van der Waals surface area contributed by atoms with Crippen LogP contribution in [0.3, 0.4) is 0 Å². The molecular formula is C11H10N4O3. The van der Waals surface area contributed by atoms with Crippen molar-refractivity contribution in [3.8, 4) is 5.88 Å². The monoisotopic (exact) mass is 246 g/mol. The summed E-state index contributed by atoms with van der Waals surface area (Å²) in [4.78, 5) is 25.0. The maximum absolute atomic E-state index is 11.7. The predicted octanol–water partition coefficient (Wildman–Crippen LogP) is -0.291. The van der Waals surface area contributed by atoms with E-state index in [1.54, 1.807) is 0 Å². The molecule has 1 aliphatic rings. The number of hydrogen-bond donors (Lipinski definition) is 5. The molecule has 1 aromatic rings. The number of aromatic nitrogens is 1. The molecule has 2 heterocycles. The lowest BCUT2D eigenvalue weighted by Gasteiger charge is -2.17. The number of rotatable bonds is 1. The van der Waals surface area contributed by atoms with Crippen molar-refractivity contribution in [2.45, 2.75) is 0 Å². The van der Waals surface area contributed by atoms with Gasteiger partial charge >= 0.3 is 0 Å². The Bertz CT molecular complexity index is 669. The van der Waals surface area contributed by atoms with Crippen LogP contribution in [0.25, 0.3) is 5.57 Å². The summed E-state index contributed by atoms with van der Waals surface area (Å²) in [6, 6.07) is 1.18. The number of anilines is 1. The number of carbonyl (C=O) groups is 1. The van der Waals surface area contributed by atoms with E-state index in [1.165, 1.54) is 12.1 Å². The van der Waals surface area contributed by atoms with E-state index in [1.807, 2.05) is 0 Å². The fourth-order valence-electron chi connectivity index (χ4n) is 1.51. The molecular weight excluding hydrogens is 236 g/mol. The van der Waals surface area contributed by atoms with Gasteiger partial charge in [-0.25, -0.2) is 0 Å². The fourth-order valence-corrected chi connectivity index (χ4v) is 1.51. The number of carbonyl (C=O) groups excluding carboxylic acids is 1. The van der Waals surface area contributed by atoms with E-state index in [0.29, 0.717) is 0 Å². The molecule has 0 radical (unpaired) electrons. The number of allylic oxidation sites excluding steroid dienone is 1. The second-order valence-electron chi connectivity index (χ2n) is 3.72. The first kappa shape index (κ1) is 11.6. The van der Waals surface area contributed by atoms with Crippen LogP contribution in [0.4, 0.5) is 5.69 Å². The van der Waals surface area contributed by atoms with Gasteiger partial charge in [0.1, 0.15) is 0 Å². The first-order valence-electron chi connectivity index (χ1n) is 4.93. The van der Waals surface area contributed by atoms with E-state index < -0.39 is 17.3 Å². The number of H-pyrrole nitrogens is 1. The van der Waals surface area contributed by atoms with Crippen LogP contribution in [-0.4, -0.2) is 21.7 Å². The molecule has 1 amide bonds. The number of nitrogens with two attached hydrogens (primary N) is 1. The summed E-state index contributed by atoms with van der Waals surface area (Å²) in [6.07, 6.45) is 1.24. The number of aromatic amines is 1. The molecule has 92 valence electrons. The standard InChI is InChI=1S/C11H10N4O3/c1-4-7(12)2-5(9(16)14-4)6-3-8(13)11(18)15-10(6)17/h2-3,12H,1,13H2,(H,14,16)(H2,15,17,18). The summed E-state index contributed by atoms with van der Waals surface area (Å²) in [5.74, 6) is -1.01. The van der Waals surface area contributed by atoms with E-state index in [4.69, 9.17) is 11.1 Å². The van der Waals surface area contributed by atoms with Crippen molar-refractivity contribution in [3.05, 3.63) is 40.3 Å². The highest BCUT2D eigenvalue weighted by atomic mass is 16.3. The SMILES string of the molecule is C=C1NC(=O)C(c2cc(N)c(=O)[nH]c2O)=CC1=N. The predicted molar refractivity (Wildman–Crippen MR) is 66.1 cm³/mol. The second-order valence-corrected chi connectivity index (χ2v) is 3.72. The summed E-state index contributed by atoms with van der Waals surface area (Å²) in [5, 5.41) is 19.5. The summed E-state index contributed by atoms with van der Waals surface area (Å²) in [5.41, 5.74) is 4.91. The first-order chi connectivity index (χ1) is 8.40. The van der Waals surface area contributed by atoms with Crippen LogP contribution < -0.4 is 16.6 Å². The van der Waals surface area contributed by atoms with Crippen LogP contribution in [0.5, 0.6) is 5.88 Å². The van der Waals surface area contributed by atoms with Gasteiger partial charge < -0.3 is 16.2 Å². The molecule has 0 saturated heterocycles. The van der Waals surface area contributed by atoms with Gasteiger partial charge in [-0.05, 0) is 12.1 Å². The number of amides is 1. The largest absolute Gasteiger partial charge is 0.494 e. The van der Waals surface area contributed by atoms with Crippen LogP contribution in [0.2, 0.25) is 0 Å². The summed E-state index contributed by atoms with van der Waals surface area (Å²) in [6.45, 7) is 3.48. The van der Waals surface area contributed by atoms with Crippen LogP contribution in [0.15, 0.2) is 29.2 Å². The van der Waals surface area contributed by atoms with Gasteiger partial charge in [0.25, 0.3) is 11.5 Å². The topological polar surface area (TPSA) is 132 Å². The highest BCUT2D eigenvalue weighted by Gasteiger charge is 2.23. The highest BCUT2D eigenvalue weighted by molar-refractivity contribution is 6.31. The average molecular weight is 246 g/mol. The number of hydrogen-bond acceptors (Lipinski definition) is 5. The zero-order chi connectivity index (χ0) is 13.4. The molecule has 7 heteroatoms. The van der Waals surface area contributed by atoms with Crippen molar-refractivity contribution in [1.29, 1.82) is 5.41 Å². The van der Waals surface area contributed by atoms with E-state index in [-0.39, 0.29) is 28.2 Å². The van der Waals surface area contributed by atoms with Gasteiger partial charge in [0, 0.05) is 5.56 Å². The minimum atomic E-state index is -0.646. The van der Waals surface area contributed by atoms with Crippen molar-refractivity contribution in [2.75, 3.05) is 5.73 Å². The van der Waals surface area contributed by atoms with E-state index in [2.05, 4.69) is 16.9 Å². The molecule has 6 N–H and O–H groups in total. The molecule has 0 fully saturated rings. The molecule has 0 bridgehead atoms. The molecule has 0 spiro atoms. The third-order valence-electron chi connectivity index (χ3n) is 2.46. The molecule has 2 rings (SSSR count). The number of nitrogen functional groups attached to an aromatic ring is 1. The average Bonchev–Trinajstić information content (AvgIpc) is 2.29. The normalized spacial score (nSPS) is 15.3. The zero-order valence-electron chi connectivity index (χ0n) is 9.20. The Labute approximate surface area is 101 Å². The van der Waals surface area contributed by atoms with Crippen molar-refractivity contribution in [3.63, 3.8) is 0 Å². The van der Waals surface area contributed by atoms with Crippen LogP contribution in [-0.2, 0) is 4.79 Å². The summed E-state index contributed by atoms with van der Waals surface area (Å²) >= 11 is 0. The lowest BCUT2D eigenvalue weighted by Crippen LogP contribution is -2.31. The summed E-state index contributed by atoms with van der Waals surface area (Å²) < 4.78 is 0. The second kappa shape index (κ2) is 3.88. The van der Waals surface area contributed by atoms with Crippen molar-refractivity contribution >= 4 is 22.9 Å². The first-order valence-corrected chi connectivity index (χ1v) is 4.93. The lowest BCUT2D eigenvalue weighted by atomic mass is 10.00. The third kappa shape index (κ3) is 1.77. The Morgan fingerprint density at radius 2 is 2.06 bits per heavy atom. The smallest absolute Gasteiger partial charge is 0.273 e. The quantitative estimate of drug-likeness (QED) is 0.465. The minimum Gasteiger partial charge on any atom is -0.494 e. The maximum atomic E-state index is 11.7. The molecule has 1 aliphatic heterocycles. The van der Waals surface area contributed by atoms with E-state index >= 15 is 0 Å². The van der Waals surface area contributed by atoms with E-state index in [0.717, 1.165) is 0 Å². The van der Waals surface area contributed by atoms with Crippen LogP contribution in [0, 0.1) is 5.41 Å². The Morgan fingerprint density at radius 3 is 2.72 bits per heavy atom. The van der Waals surface area contributed by atoms with Gasteiger partial charge in [0.2, 0.25) is 0 Å². The fraction of sp³-hybridized carbons (Fsp3) is 0. The molecule has 1 aromatic heterocycles. The minimum absolute atomic E-state index is 0.00812. The molecule has 0 unspecified atom stereocenters. The Hall–Kier alpha value is -2.83. The molecule has 0 aliphatic carbocycles. The van der Waals surface area contributed by atoms with Gasteiger partial charge in [0.05, 0.1) is 22.7 Å². The number of pyridine rings is 1. The van der Waals surface area contributed by atoms with Crippen LogP contribution >= 0.6 is 0 Å². The van der Waals surface area contributed by atoms with Gasteiger partial charge in [0.15, 0.2) is 5.88 Å². The maximum Gasteiger partial charge on any atom is 0.273 e. The van der Waals surface area contributed by atoms with Gasteiger partial charge in [-0.2, -0.15) is 0 Å². The van der Waals surface area contributed by atoms with E-state index in [9.17, 15) is 14.7 Å². The Kier molecular flexibility index (Phi) is 2.51. The third-order valence-corrected chi connectivity index (χ3v) is 2.46. The van der Waals surface area contributed by atoms with Gasteiger partial charge in [-0.15, -0.1) is 0 Å². The van der Waals surface area contributed by atoms with Gasteiger partial charge in [-0.1, -0.05) is 6.58 Å². The molecule has 0 atom stereocenters. The van der Waals surface area contributed by atoms with Gasteiger partial charge in [-0.3, -0.25) is 20.0 Å². The van der Waals surface area contributed by atoms with Crippen molar-refractivity contribution in [2.24, 2.45) is 0 Å². The van der Waals surface area contributed by atoms with Crippen LogP contribution in [0.1, 0.15) is 5.56 Å². The summed E-state index contributed by atoms with van der Waals surface area (Å²) in [7, 11) is 0. The number of nitrogens with one attached hydrogen (secondary N) is 3. The molecule has 0 saturated carbocycles. The lowest BCUT2D eigenvalue weighted by molar-refractivity contribution is -0.114. The molecule has 18 heavy (non-hydrogen) atoms. The molecule has 0 aromatic carbocycles. The van der Waals surface area contributed by atoms with Crippen molar-refractivity contribution < 1.29 is 9.90 Å².